The highest BCUT2D eigenvalue weighted by molar-refractivity contribution is 7.12. The van der Waals surface area contributed by atoms with Gasteiger partial charge in [-0.3, -0.25) is 4.90 Å². The van der Waals surface area contributed by atoms with Gasteiger partial charge in [0.2, 0.25) is 0 Å². The zero-order valence-electron chi connectivity index (χ0n) is 13.0. The fourth-order valence-electron chi connectivity index (χ4n) is 2.57. The Morgan fingerprint density at radius 3 is 2.81 bits per heavy atom. The van der Waals surface area contributed by atoms with E-state index in [4.69, 9.17) is 4.74 Å². The van der Waals surface area contributed by atoms with Crippen LogP contribution in [0.15, 0.2) is 29.6 Å². The summed E-state index contributed by atoms with van der Waals surface area (Å²) >= 11 is 3.75. The Morgan fingerprint density at radius 2 is 2.14 bits per heavy atom. The minimum Gasteiger partial charge on any atom is -0.370 e. The van der Waals surface area contributed by atoms with E-state index in [2.05, 4.69) is 55.3 Å². The molecule has 2 nitrogen and oxygen atoms in total. The topological polar surface area (TPSA) is 12.5 Å². The van der Waals surface area contributed by atoms with E-state index in [1.165, 1.54) is 14.6 Å². The number of hydrogen-bond donors (Lipinski definition) is 0. The van der Waals surface area contributed by atoms with Crippen LogP contribution >= 0.6 is 22.7 Å². The highest BCUT2D eigenvalue weighted by atomic mass is 32.1. The Balaban J connectivity index is 1.67. The van der Waals surface area contributed by atoms with Crippen molar-refractivity contribution in [1.82, 2.24) is 4.90 Å². The molecule has 0 radical (unpaired) electrons. The molecular formula is C17H23NOS2. The van der Waals surface area contributed by atoms with Gasteiger partial charge < -0.3 is 4.74 Å². The van der Waals surface area contributed by atoms with Gasteiger partial charge in [-0.25, -0.2) is 0 Å². The quantitative estimate of drug-likeness (QED) is 0.814. The number of hydrogen-bond acceptors (Lipinski definition) is 4. The lowest BCUT2D eigenvalue weighted by Crippen LogP contribution is -2.37. The van der Waals surface area contributed by atoms with Crippen LogP contribution in [0, 0.1) is 0 Å². The molecule has 114 valence electrons. The molecule has 1 atom stereocenters. The van der Waals surface area contributed by atoms with E-state index in [1.807, 2.05) is 22.7 Å². The summed E-state index contributed by atoms with van der Waals surface area (Å²) in [6.45, 7) is 10.7. The summed E-state index contributed by atoms with van der Waals surface area (Å²) < 4.78 is 6.01. The molecule has 2 aromatic rings. The van der Waals surface area contributed by atoms with Crippen molar-refractivity contribution < 1.29 is 4.74 Å². The fraction of sp³-hybridized carbons (Fsp3) is 0.529. The van der Waals surface area contributed by atoms with Crippen molar-refractivity contribution in [3.05, 3.63) is 44.3 Å². The molecule has 1 aliphatic heterocycles. The first kappa shape index (κ1) is 15.2. The molecule has 0 amide bonds. The smallest absolute Gasteiger partial charge is 0.104 e. The van der Waals surface area contributed by atoms with Crippen LogP contribution in [0.1, 0.15) is 41.5 Å². The second-order valence-corrected chi connectivity index (χ2v) is 8.77. The van der Waals surface area contributed by atoms with Gasteiger partial charge in [0, 0.05) is 34.3 Å². The fourth-order valence-corrected chi connectivity index (χ4v) is 4.42. The van der Waals surface area contributed by atoms with E-state index < -0.39 is 0 Å². The van der Waals surface area contributed by atoms with E-state index in [9.17, 15) is 0 Å². The molecule has 1 saturated heterocycles. The van der Waals surface area contributed by atoms with Gasteiger partial charge in [-0.05, 0) is 29.0 Å². The Bertz CT molecular complexity index is 568. The molecule has 1 fully saturated rings. The predicted molar refractivity (Wildman–Crippen MR) is 91.3 cm³/mol. The molecule has 0 N–H and O–H groups in total. The average molecular weight is 322 g/mol. The standard InChI is InChI=1S/C17H23NOS2/c1-17(2,3)16-7-6-15(21-16)14-12-18(8-9-19-14)11-13-5-4-10-20-13/h4-7,10,14H,8-9,11-12H2,1-3H3. The largest absolute Gasteiger partial charge is 0.370 e. The maximum absolute atomic E-state index is 6.01. The van der Waals surface area contributed by atoms with Gasteiger partial charge >= 0.3 is 0 Å². The average Bonchev–Trinajstić information content (AvgIpc) is 3.09. The molecule has 3 heterocycles. The first-order chi connectivity index (χ1) is 10.0. The number of thiophene rings is 2. The second-order valence-electron chi connectivity index (χ2n) is 6.63. The molecule has 0 saturated carbocycles. The third kappa shape index (κ3) is 3.75. The maximum atomic E-state index is 6.01. The lowest BCUT2D eigenvalue weighted by molar-refractivity contribution is -0.0308. The minimum atomic E-state index is 0.230. The van der Waals surface area contributed by atoms with E-state index in [-0.39, 0.29) is 11.5 Å². The Kier molecular flexibility index (Phi) is 4.50. The SMILES string of the molecule is CC(C)(C)c1ccc(C2CN(Cc3cccs3)CCO2)s1. The summed E-state index contributed by atoms with van der Waals surface area (Å²) in [6.07, 6.45) is 0.236. The van der Waals surface area contributed by atoms with E-state index in [0.29, 0.717) is 0 Å². The van der Waals surface area contributed by atoms with Gasteiger partial charge in [0.1, 0.15) is 6.10 Å². The van der Waals surface area contributed by atoms with E-state index in [1.54, 1.807) is 0 Å². The molecule has 4 heteroatoms. The van der Waals surface area contributed by atoms with Crippen molar-refractivity contribution >= 4 is 22.7 Å². The highest BCUT2D eigenvalue weighted by Gasteiger charge is 2.25. The first-order valence-electron chi connectivity index (χ1n) is 7.49. The lowest BCUT2D eigenvalue weighted by atomic mass is 9.95. The summed E-state index contributed by atoms with van der Waals surface area (Å²) in [5.74, 6) is 0. The summed E-state index contributed by atoms with van der Waals surface area (Å²) in [5.41, 5.74) is 0.230. The third-order valence-corrected chi connectivity index (χ3v) is 6.26. The van der Waals surface area contributed by atoms with Crippen LogP contribution in [-0.2, 0) is 16.7 Å². The predicted octanol–water partition coefficient (Wildman–Crippen LogP) is 4.68. The molecule has 0 aromatic carbocycles. The van der Waals surface area contributed by atoms with Crippen LogP contribution in [0.3, 0.4) is 0 Å². The normalized spacial score (nSPS) is 20.8. The maximum Gasteiger partial charge on any atom is 0.104 e. The van der Waals surface area contributed by atoms with Gasteiger partial charge in [-0.2, -0.15) is 0 Å². The van der Waals surface area contributed by atoms with Crippen molar-refractivity contribution in [2.75, 3.05) is 19.7 Å². The Labute approximate surface area is 135 Å². The van der Waals surface area contributed by atoms with Gasteiger partial charge in [0.05, 0.1) is 6.61 Å². The molecule has 2 aromatic heterocycles. The molecule has 0 bridgehead atoms. The summed E-state index contributed by atoms with van der Waals surface area (Å²) in [4.78, 5) is 6.76. The molecule has 0 spiro atoms. The van der Waals surface area contributed by atoms with Crippen molar-refractivity contribution in [2.24, 2.45) is 0 Å². The Morgan fingerprint density at radius 1 is 1.29 bits per heavy atom. The summed E-state index contributed by atoms with van der Waals surface area (Å²) in [6, 6.07) is 8.87. The lowest BCUT2D eigenvalue weighted by Gasteiger charge is -2.32. The zero-order valence-corrected chi connectivity index (χ0v) is 14.6. The van der Waals surface area contributed by atoms with Crippen LogP contribution in [0.5, 0.6) is 0 Å². The van der Waals surface area contributed by atoms with Crippen molar-refractivity contribution in [1.29, 1.82) is 0 Å². The van der Waals surface area contributed by atoms with Crippen LogP contribution in [0.4, 0.5) is 0 Å². The molecule has 1 aliphatic rings. The Hall–Kier alpha value is -0.680. The van der Waals surface area contributed by atoms with Crippen LogP contribution in [0.25, 0.3) is 0 Å². The molecule has 1 unspecified atom stereocenters. The number of rotatable bonds is 3. The third-order valence-electron chi connectivity index (χ3n) is 3.79. The second kappa shape index (κ2) is 6.21. The van der Waals surface area contributed by atoms with E-state index in [0.717, 1.165) is 26.2 Å². The van der Waals surface area contributed by atoms with Gasteiger partial charge in [-0.1, -0.05) is 26.8 Å². The highest BCUT2D eigenvalue weighted by Crippen LogP contribution is 2.35. The number of morpholine rings is 1. The minimum absolute atomic E-state index is 0.230. The van der Waals surface area contributed by atoms with Gasteiger partial charge in [0.25, 0.3) is 0 Å². The van der Waals surface area contributed by atoms with Crippen molar-refractivity contribution in [3.8, 4) is 0 Å². The zero-order chi connectivity index (χ0) is 14.9. The van der Waals surface area contributed by atoms with Crippen LogP contribution in [-0.4, -0.2) is 24.6 Å². The van der Waals surface area contributed by atoms with Gasteiger partial charge in [0.15, 0.2) is 0 Å². The van der Waals surface area contributed by atoms with E-state index >= 15 is 0 Å². The van der Waals surface area contributed by atoms with Crippen LogP contribution < -0.4 is 0 Å². The van der Waals surface area contributed by atoms with Crippen molar-refractivity contribution in [2.45, 2.75) is 38.8 Å². The monoisotopic (exact) mass is 321 g/mol. The molecular weight excluding hydrogens is 298 g/mol. The summed E-state index contributed by atoms with van der Waals surface area (Å²) in [5, 5.41) is 2.15. The number of ether oxygens (including phenoxy) is 1. The van der Waals surface area contributed by atoms with Gasteiger partial charge in [-0.15, -0.1) is 22.7 Å². The number of nitrogens with zero attached hydrogens (tertiary/aromatic N) is 1. The molecule has 0 aliphatic carbocycles. The molecule has 21 heavy (non-hydrogen) atoms. The molecule has 3 rings (SSSR count). The summed E-state index contributed by atoms with van der Waals surface area (Å²) in [7, 11) is 0. The first-order valence-corrected chi connectivity index (χ1v) is 9.18. The van der Waals surface area contributed by atoms with Crippen LogP contribution in [0.2, 0.25) is 0 Å². The van der Waals surface area contributed by atoms with Crippen molar-refractivity contribution in [3.63, 3.8) is 0 Å².